The van der Waals surface area contributed by atoms with Gasteiger partial charge in [-0.05, 0) is 263 Å². The molecule has 6 aliphatic carbocycles. The van der Waals surface area contributed by atoms with E-state index in [0.29, 0.717) is 0 Å². The van der Waals surface area contributed by atoms with E-state index in [1.54, 1.807) is 0 Å². The highest BCUT2D eigenvalue weighted by Crippen LogP contribution is 2.66. The van der Waals surface area contributed by atoms with Gasteiger partial charge in [0.15, 0.2) is 0 Å². The molecule has 120 heavy (non-hydrogen) atoms. The fourth-order valence-electron chi connectivity index (χ4n) is 22.5. The largest absolute Gasteiger partial charge is 0.310 e. The van der Waals surface area contributed by atoms with Gasteiger partial charge in [-0.25, -0.2) is 0 Å². The molecule has 0 unspecified atom stereocenters. The molecule has 0 saturated heterocycles. The van der Waals surface area contributed by atoms with Crippen molar-refractivity contribution in [2.75, 3.05) is 9.80 Å². The summed E-state index contributed by atoms with van der Waals surface area (Å²) in [7, 11) is 0. The Bertz CT molecular complexity index is 6720. The summed E-state index contributed by atoms with van der Waals surface area (Å²) in [6, 6.07) is 124. The van der Waals surface area contributed by atoms with E-state index in [1.165, 1.54) is 172 Å². The van der Waals surface area contributed by atoms with Gasteiger partial charge in [0.1, 0.15) is 0 Å². The van der Waals surface area contributed by atoms with E-state index in [1.807, 2.05) is 0 Å². The summed E-state index contributed by atoms with van der Waals surface area (Å²) in [5, 5.41) is 2.60. The van der Waals surface area contributed by atoms with Crippen molar-refractivity contribution in [3.8, 4) is 72.4 Å². The lowest BCUT2D eigenvalue weighted by atomic mass is 9.54. The molecule has 15 aromatic carbocycles. The van der Waals surface area contributed by atoms with Crippen molar-refractivity contribution in [1.82, 2.24) is 4.57 Å². The van der Waals surface area contributed by atoms with Crippen molar-refractivity contribution in [3.05, 3.63) is 400 Å². The second-order valence-electron chi connectivity index (χ2n) is 39.6. The van der Waals surface area contributed by atoms with Gasteiger partial charge in [0.2, 0.25) is 0 Å². The van der Waals surface area contributed by atoms with Crippen LogP contribution in [0.5, 0.6) is 0 Å². The van der Waals surface area contributed by atoms with Gasteiger partial charge in [0.25, 0.3) is 0 Å². The summed E-state index contributed by atoms with van der Waals surface area (Å²) in [5.41, 5.74) is 44.6. The van der Waals surface area contributed by atoms with Crippen LogP contribution in [0.25, 0.3) is 94.3 Å². The predicted octanol–water partition coefficient (Wildman–Crippen LogP) is 31.7. The molecule has 3 nitrogen and oxygen atoms in total. The van der Waals surface area contributed by atoms with E-state index >= 15 is 0 Å². The summed E-state index contributed by atoms with van der Waals surface area (Å²) in [6.07, 6.45) is 0. The minimum absolute atomic E-state index is 0.000844. The molecule has 0 spiro atoms. The molecule has 0 bridgehead atoms. The Kier molecular flexibility index (Phi) is 17.1. The zero-order chi connectivity index (χ0) is 83.3. The highest BCUT2D eigenvalue weighted by molar-refractivity contribution is 6.10. The third kappa shape index (κ3) is 10.8. The molecule has 16 aromatic rings. The maximum Gasteiger partial charge on any atom is 0.0541 e. The molecule has 1 heterocycles. The molecule has 0 N–H and O–H groups in total. The lowest BCUT2D eigenvalue weighted by Gasteiger charge is -2.49. The Labute approximate surface area is 711 Å². The van der Waals surface area contributed by atoms with Crippen LogP contribution in [-0.2, 0) is 48.7 Å². The molecule has 0 atom stereocenters. The number of hydrogen-bond donors (Lipinski definition) is 0. The first-order valence-corrected chi connectivity index (χ1v) is 43.5. The summed E-state index contributed by atoms with van der Waals surface area (Å²) in [5.74, 6) is 0. The summed E-state index contributed by atoms with van der Waals surface area (Å²) >= 11 is 0. The maximum absolute atomic E-state index is 2.46. The molecule has 6 aliphatic rings. The smallest absolute Gasteiger partial charge is 0.0541 e. The number of para-hydroxylation sites is 6. The van der Waals surface area contributed by atoms with Crippen molar-refractivity contribution < 1.29 is 0 Å². The second-order valence-corrected chi connectivity index (χ2v) is 39.6. The summed E-state index contributed by atoms with van der Waals surface area (Å²) in [4.78, 5) is 4.74. The molecule has 0 fully saturated rings. The number of rotatable bonds is 7. The van der Waals surface area contributed by atoms with E-state index in [9.17, 15) is 0 Å². The van der Waals surface area contributed by atoms with Crippen LogP contribution in [0.1, 0.15) is 191 Å². The highest BCUT2D eigenvalue weighted by Gasteiger charge is 2.53. The Morgan fingerprint density at radius 1 is 0.183 bits per heavy atom. The average molecular weight is 1560 g/mol. The third-order valence-electron chi connectivity index (χ3n) is 31.2. The molecule has 1 aromatic heterocycles. The quantitative estimate of drug-likeness (QED) is 0.158. The van der Waals surface area contributed by atoms with Crippen LogP contribution in [-0.4, -0.2) is 4.57 Å². The topological polar surface area (TPSA) is 11.4 Å². The number of hydrogen-bond acceptors (Lipinski definition) is 2. The highest BCUT2D eigenvalue weighted by atomic mass is 15.1. The van der Waals surface area contributed by atoms with Gasteiger partial charge in [-0.15, -0.1) is 0 Å². The fourth-order valence-corrected chi connectivity index (χ4v) is 22.5. The molecule has 592 valence electrons. The van der Waals surface area contributed by atoms with E-state index in [4.69, 9.17) is 0 Å². The van der Waals surface area contributed by atoms with Crippen LogP contribution in [0.3, 0.4) is 0 Å². The first-order chi connectivity index (χ1) is 57.4. The number of benzene rings is 15. The van der Waals surface area contributed by atoms with Crippen LogP contribution in [0.2, 0.25) is 0 Å². The van der Waals surface area contributed by atoms with Gasteiger partial charge in [-0.2, -0.15) is 0 Å². The summed E-state index contributed by atoms with van der Waals surface area (Å²) in [6.45, 7) is 43.5. The standard InChI is InChI=1S/C39H35N.2C39H37N/c1-37(2)30-21-22-31-36(27-15-7-10-16-29(27)38(3,4)39(31,5)6)35(30)28-20-19-24(23-32(28)37)40-33-17-11-8-13-25(33)26-14-9-12-18-34(26)40;1-37(2)34-25-28(40(26-15-9-7-10-16-26)27-17-11-8-12-18-27)21-22-29(34)30-23-24-33-35(36(30)37)31-19-13-14-20-32(31)38(3,4)39(33,5)6;1-37(2)32-23-24-33-36(29-19-13-14-20-31(29)38(3,4)39(33,5)6)35(32)30-22-21-28(25-34(30)37)40(26-15-9-7-10-16-26)27-17-11-8-12-18-27/h7-23H,1-6H3;2*7-25H,1-6H3. The Morgan fingerprint density at radius 2 is 0.458 bits per heavy atom. The third-order valence-corrected chi connectivity index (χ3v) is 31.2. The average Bonchev–Trinajstić information content (AvgIpc) is 1.43. The zero-order valence-electron chi connectivity index (χ0n) is 73.1. The van der Waals surface area contributed by atoms with Crippen molar-refractivity contribution in [2.45, 2.75) is 173 Å². The van der Waals surface area contributed by atoms with Crippen LogP contribution in [0, 0.1) is 0 Å². The van der Waals surface area contributed by atoms with E-state index in [-0.39, 0.29) is 48.7 Å². The van der Waals surface area contributed by atoms with Crippen molar-refractivity contribution in [1.29, 1.82) is 0 Å². The minimum atomic E-state index is -0.143. The molecule has 3 heteroatoms. The van der Waals surface area contributed by atoms with Crippen molar-refractivity contribution in [3.63, 3.8) is 0 Å². The van der Waals surface area contributed by atoms with Crippen molar-refractivity contribution >= 4 is 55.9 Å². The van der Waals surface area contributed by atoms with Crippen LogP contribution < -0.4 is 9.80 Å². The van der Waals surface area contributed by atoms with Crippen LogP contribution in [0.15, 0.2) is 334 Å². The lowest BCUT2D eigenvalue weighted by molar-refractivity contribution is 0.298. The van der Waals surface area contributed by atoms with Gasteiger partial charge in [0.05, 0.1) is 11.0 Å². The predicted molar refractivity (Wildman–Crippen MR) is 510 cm³/mol. The van der Waals surface area contributed by atoms with Crippen molar-refractivity contribution in [2.24, 2.45) is 0 Å². The molecular formula is C117H109N3. The van der Waals surface area contributed by atoms with Gasteiger partial charge in [-0.3, -0.25) is 0 Å². The normalized spacial score (nSPS) is 17.0. The van der Waals surface area contributed by atoms with Crippen LogP contribution >= 0.6 is 0 Å². The van der Waals surface area contributed by atoms with E-state index in [2.05, 4.69) is 473 Å². The first-order valence-electron chi connectivity index (χ1n) is 43.5. The van der Waals surface area contributed by atoms with Crippen LogP contribution in [0.4, 0.5) is 34.1 Å². The molecule has 0 amide bonds. The molecule has 0 radical (unpaired) electrons. The molecule has 22 rings (SSSR count). The van der Waals surface area contributed by atoms with Gasteiger partial charge < -0.3 is 14.4 Å². The van der Waals surface area contributed by atoms with Gasteiger partial charge in [-0.1, -0.05) is 361 Å². The zero-order valence-corrected chi connectivity index (χ0v) is 73.1. The van der Waals surface area contributed by atoms with E-state index < -0.39 is 0 Å². The Hall–Kier alpha value is -12.3. The Morgan fingerprint density at radius 3 is 0.867 bits per heavy atom. The monoisotopic (exact) mass is 1560 g/mol. The number of anilines is 6. The molecular weight excluding hydrogens is 1450 g/mol. The molecule has 0 aliphatic heterocycles. The number of fused-ring (bicyclic) bond motifs is 24. The fraction of sp³-hybridized carbons (Fsp3) is 0.231. The SMILES string of the molecule is CC1(C)c2cc(-n3c4ccccc4c4ccccc43)ccc2-c2c1ccc1c2-c2ccccc2C(C)(C)C1(C)C.CC1(C)c2cc(N(c3ccccc3)c3ccccc3)ccc2-c2c1ccc1c2-c2ccccc2C(C)(C)C1(C)C.CC1(C)c2cc(N(c3ccccc3)c3ccccc3)ccc2-c2ccc3c(c21)-c1ccccc1C(C)(C)C3(C)C. The first kappa shape index (κ1) is 76.4. The second kappa shape index (κ2) is 26.9. The summed E-state index contributed by atoms with van der Waals surface area (Å²) < 4.78 is 2.44. The minimum Gasteiger partial charge on any atom is -0.310 e. The Balaban J connectivity index is 0.000000115. The van der Waals surface area contributed by atoms with E-state index in [0.717, 1.165) is 22.7 Å². The lowest BCUT2D eigenvalue weighted by Crippen LogP contribution is -2.44. The number of aromatic nitrogens is 1. The van der Waals surface area contributed by atoms with Gasteiger partial charge >= 0.3 is 0 Å². The maximum atomic E-state index is 2.46. The molecule has 0 saturated carbocycles. The van der Waals surface area contributed by atoms with Gasteiger partial charge in [0, 0.05) is 66.8 Å². The number of nitrogens with zero attached hydrogens (tertiary/aromatic N) is 3.